The third-order valence-corrected chi connectivity index (χ3v) is 4.13. The van der Waals surface area contributed by atoms with Gasteiger partial charge in [0.05, 0.1) is 12.8 Å². The third kappa shape index (κ3) is 5.95. The molecule has 22 heavy (non-hydrogen) atoms. The number of sulfonamides is 1. The fraction of sp³-hybridized carbons (Fsp3) is 0.467. The number of carbonyl (C=O) groups is 2. The van der Waals surface area contributed by atoms with Crippen LogP contribution in [0, 0.1) is 5.92 Å². The summed E-state index contributed by atoms with van der Waals surface area (Å²) in [5.41, 5.74) is 0.954. The molecule has 1 aromatic carbocycles. The first-order chi connectivity index (χ1) is 10.1. The minimum absolute atomic E-state index is 0.103. The lowest BCUT2D eigenvalue weighted by atomic mass is 10.1. The van der Waals surface area contributed by atoms with E-state index >= 15 is 0 Å². The molecule has 0 spiro atoms. The molecule has 0 bridgehead atoms. The van der Waals surface area contributed by atoms with E-state index in [0.717, 1.165) is 10.6 Å². The van der Waals surface area contributed by atoms with Crippen molar-refractivity contribution < 1.29 is 18.0 Å². The van der Waals surface area contributed by atoms with Crippen molar-refractivity contribution in [1.82, 2.24) is 4.31 Å². The van der Waals surface area contributed by atoms with Gasteiger partial charge in [-0.15, -0.1) is 0 Å². The number of amides is 1. The molecule has 0 heterocycles. The molecule has 0 unspecified atom stereocenters. The molecule has 0 aliphatic rings. The van der Waals surface area contributed by atoms with Gasteiger partial charge in [-0.3, -0.25) is 9.59 Å². The normalized spacial score (nSPS) is 11.7. The molecular weight excluding hydrogens is 304 g/mol. The molecule has 7 heteroatoms. The molecule has 0 saturated heterocycles. The average molecular weight is 326 g/mol. The highest BCUT2D eigenvalue weighted by Crippen LogP contribution is 2.12. The number of carbonyl (C=O) groups excluding carboxylic acids is 2. The van der Waals surface area contributed by atoms with Crippen LogP contribution in [0.3, 0.4) is 0 Å². The summed E-state index contributed by atoms with van der Waals surface area (Å²) in [4.78, 5) is 23.3. The summed E-state index contributed by atoms with van der Waals surface area (Å²) >= 11 is 0. The number of anilines is 1. The first-order valence-corrected chi connectivity index (χ1v) is 8.80. The van der Waals surface area contributed by atoms with Gasteiger partial charge in [-0.05, 0) is 25.0 Å². The molecule has 0 radical (unpaired) electrons. The summed E-state index contributed by atoms with van der Waals surface area (Å²) in [6.07, 6.45) is 1.08. The second-order valence-corrected chi connectivity index (χ2v) is 7.62. The number of hydrogen-bond donors (Lipinski definition) is 1. The molecule has 6 nitrogen and oxygen atoms in total. The van der Waals surface area contributed by atoms with Crippen LogP contribution in [0.4, 0.5) is 5.69 Å². The Morgan fingerprint density at radius 3 is 2.41 bits per heavy atom. The topological polar surface area (TPSA) is 83.6 Å². The first-order valence-electron chi connectivity index (χ1n) is 6.95. The summed E-state index contributed by atoms with van der Waals surface area (Å²) in [7, 11) is -3.45. The zero-order valence-corrected chi connectivity index (χ0v) is 14.1. The predicted octanol–water partition coefficient (Wildman–Crippen LogP) is 1.75. The maximum absolute atomic E-state index is 12.0. The van der Waals surface area contributed by atoms with Gasteiger partial charge in [0.1, 0.15) is 0 Å². The van der Waals surface area contributed by atoms with Gasteiger partial charge in [0.25, 0.3) is 0 Å². The number of hydrogen-bond acceptors (Lipinski definition) is 4. The Hall–Kier alpha value is -1.73. The molecular formula is C15H22N2O4S. The molecule has 0 aromatic heterocycles. The quantitative estimate of drug-likeness (QED) is 0.774. The standard InChI is InChI=1S/C15H22N2O4S/c1-11(2)9-17(22(4,20)21)10-15(19)16-14-7-5-6-13(8-14)12(3)18/h5-8,11H,9-10H2,1-4H3,(H,16,19). The molecule has 0 fully saturated rings. The Labute approximate surface area is 131 Å². The van der Waals surface area contributed by atoms with E-state index in [4.69, 9.17) is 0 Å². The van der Waals surface area contributed by atoms with Crippen molar-refractivity contribution in [2.45, 2.75) is 20.8 Å². The average Bonchev–Trinajstić information content (AvgIpc) is 2.36. The molecule has 1 aromatic rings. The first kappa shape index (κ1) is 18.3. The van der Waals surface area contributed by atoms with E-state index in [1.165, 1.54) is 6.92 Å². The van der Waals surface area contributed by atoms with Gasteiger partial charge < -0.3 is 5.32 Å². The van der Waals surface area contributed by atoms with Crippen LogP contribution in [0.2, 0.25) is 0 Å². The third-order valence-electron chi connectivity index (χ3n) is 2.91. The fourth-order valence-corrected chi connectivity index (χ4v) is 2.82. The van der Waals surface area contributed by atoms with Crippen molar-refractivity contribution in [3.8, 4) is 0 Å². The van der Waals surface area contributed by atoms with Gasteiger partial charge in [0, 0.05) is 17.8 Å². The van der Waals surface area contributed by atoms with Crippen molar-refractivity contribution in [1.29, 1.82) is 0 Å². The van der Waals surface area contributed by atoms with Crippen molar-refractivity contribution >= 4 is 27.4 Å². The number of Topliss-reactive ketones (excluding diaryl/α,β-unsaturated/α-hetero) is 1. The molecule has 0 aliphatic carbocycles. The van der Waals surface area contributed by atoms with Gasteiger partial charge >= 0.3 is 0 Å². The fourth-order valence-electron chi connectivity index (χ4n) is 1.90. The summed E-state index contributed by atoms with van der Waals surface area (Å²) in [6.45, 7) is 5.23. The van der Waals surface area contributed by atoms with Crippen LogP contribution in [0.5, 0.6) is 0 Å². The number of nitrogens with zero attached hydrogens (tertiary/aromatic N) is 1. The second-order valence-electron chi connectivity index (χ2n) is 5.63. The molecule has 0 saturated carbocycles. The Balaban J connectivity index is 2.79. The minimum atomic E-state index is -3.45. The molecule has 1 amide bonds. The smallest absolute Gasteiger partial charge is 0.239 e. The van der Waals surface area contributed by atoms with Crippen LogP contribution in [0.1, 0.15) is 31.1 Å². The van der Waals surface area contributed by atoms with Gasteiger partial charge in [-0.1, -0.05) is 26.0 Å². The van der Waals surface area contributed by atoms with Crippen LogP contribution in [0.25, 0.3) is 0 Å². The zero-order chi connectivity index (χ0) is 16.9. The Kier molecular flexibility index (Phi) is 6.25. The number of rotatable bonds is 7. The highest BCUT2D eigenvalue weighted by molar-refractivity contribution is 7.88. The van der Waals surface area contributed by atoms with Crippen molar-refractivity contribution in [2.24, 2.45) is 5.92 Å². The van der Waals surface area contributed by atoms with Gasteiger partial charge in [0.2, 0.25) is 15.9 Å². The van der Waals surface area contributed by atoms with Crippen LogP contribution in [0.15, 0.2) is 24.3 Å². The summed E-state index contributed by atoms with van der Waals surface area (Å²) < 4.78 is 24.5. The van der Waals surface area contributed by atoms with Gasteiger partial charge in [-0.25, -0.2) is 8.42 Å². The lowest BCUT2D eigenvalue weighted by Gasteiger charge is -2.21. The monoisotopic (exact) mass is 326 g/mol. The number of ketones is 1. The number of nitrogens with one attached hydrogen (secondary N) is 1. The van der Waals surface area contributed by atoms with Gasteiger partial charge in [-0.2, -0.15) is 4.31 Å². The summed E-state index contributed by atoms with van der Waals surface area (Å²) in [5.74, 6) is -0.427. The maximum Gasteiger partial charge on any atom is 0.239 e. The lowest BCUT2D eigenvalue weighted by molar-refractivity contribution is -0.116. The number of benzene rings is 1. The van der Waals surface area contributed by atoms with E-state index in [1.807, 2.05) is 13.8 Å². The molecule has 122 valence electrons. The van der Waals surface area contributed by atoms with Crippen LogP contribution in [-0.4, -0.2) is 43.8 Å². The van der Waals surface area contributed by atoms with Crippen LogP contribution in [-0.2, 0) is 14.8 Å². The predicted molar refractivity (Wildman–Crippen MR) is 86.3 cm³/mol. The van der Waals surface area contributed by atoms with E-state index in [-0.39, 0.29) is 24.8 Å². The molecule has 0 aliphatic heterocycles. The van der Waals surface area contributed by atoms with Crippen molar-refractivity contribution in [2.75, 3.05) is 24.7 Å². The minimum Gasteiger partial charge on any atom is -0.325 e. The second kappa shape index (κ2) is 7.51. The van der Waals surface area contributed by atoms with Crippen LogP contribution < -0.4 is 5.32 Å². The Morgan fingerprint density at radius 1 is 1.27 bits per heavy atom. The molecule has 1 N–H and O–H groups in total. The Bertz CT molecular complexity index is 653. The van der Waals surface area contributed by atoms with E-state index in [1.54, 1.807) is 24.3 Å². The van der Waals surface area contributed by atoms with E-state index < -0.39 is 15.9 Å². The summed E-state index contributed by atoms with van der Waals surface area (Å²) in [5, 5.41) is 2.62. The van der Waals surface area contributed by atoms with Crippen molar-refractivity contribution in [3.05, 3.63) is 29.8 Å². The van der Waals surface area contributed by atoms with Crippen LogP contribution >= 0.6 is 0 Å². The SMILES string of the molecule is CC(=O)c1cccc(NC(=O)CN(CC(C)C)S(C)(=O)=O)c1. The van der Waals surface area contributed by atoms with Gasteiger partial charge in [0.15, 0.2) is 5.78 Å². The van der Waals surface area contributed by atoms with E-state index in [2.05, 4.69) is 5.32 Å². The highest BCUT2D eigenvalue weighted by atomic mass is 32.2. The van der Waals surface area contributed by atoms with Crippen molar-refractivity contribution in [3.63, 3.8) is 0 Å². The van der Waals surface area contributed by atoms with E-state index in [9.17, 15) is 18.0 Å². The highest BCUT2D eigenvalue weighted by Gasteiger charge is 2.21. The zero-order valence-electron chi connectivity index (χ0n) is 13.3. The summed E-state index contributed by atoms with van der Waals surface area (Å²) in [6, 6.07) is 6.53. The molecule has 0 atom stereocenters. The maximum atomic E-state index is 12.0. The largest absolute Gasteiger partial charge is 0.325 e. The Morgan fingerprint density at radius 2 is 1.91 bits per heavy atom. The molecule has 1 rings (SSSR count). The lowest BCUT2D eigenvalue weighted by Crippen LogP contribution is -2.39. The van der Waals surface area contributed by atoms with E-state index in [0.29, 0.717) is 11.3 Å².